The van der Waals surface area contributed by atoms with E-state index in [9.17, 15) is 4.79 Å². The molecule has 4 heteroatoms. The van der Waals surface area contributed by atoms with Gasteiger partial charge < -0.3 is 9.88 Å². The van der Waals surface area contributed by atoms with E-state index in [1.165, 1.54) is 0 Å². The molecule has 2 aliphatic rings. The molecular weight excluding hydrogens is 310 g/mol. The van der Waals surface area contributed by atoms with Gasteiger partial charge in [-0.3, -0.25) is 9.69 Å². The van der Waals surface area contributed by atoms with Crippen LogP contribution < -0.4 is 0 Å². The number of rotatable bonds is 2. The number of likely N-dealkylation sites (N-methyl/N-ethyl adjacent to an activating group) is 1. The van der Waals surface area contributed by atoms with Crippen LogP contribution in [0.4, 0.5) is 0 Å². The van der Waals surface area contributed by atoms with Crippen LogP contribution in [0.5, 0.6) is 0 Å². The zero-order valence-corrected chi connectivity index (χ0v) is 14.3. The van der Waals surface area contributed by atoms with Crippen molar-refractivity contribution in [3.63, 3.8) is 0 Å². The number of aromatic nitrogens is 1. The van der Waals surface area contributed by atoms with Crippen LogP contribution in [0.3, 0.4) is 0 Å². The minimum Gasteiger partial charge on any atom is -0.350 e. The first-order valence-corrected chi connectivity index (χ1v) is 8.89. The largest absolute Gasteiger partial charge is 0.350 e. The molecule has 3 aromatic rings. The predicted octanol–water partition coefficient (Wildman–Crippen LogP) is 3.36. The fourth-order valence-corrected chi connectivity index (χ4v) is 4.47. The summed E-state index contributed by atoms with van der Waals surface area (Å²) in [6, 6.07) is 19.3. The van der Waals surface area contributed by atoms with Gasteiger partial charge in [0.1, 0.15) is 5.69 Å². The third-order valence-electron chi connectivity index (χ3n) is 5.76. The van der Waals surface area contributed by atoms with Crippen molar-refractivity contribution in [2.24, 2.45) is 0 Å². The van der Waals surface area contributed by atoms with Crippen molar-refractivity contribution >= 4 is 16.8 Å². The Hall–Kier alpha value is -2.59. The van der Waals surface area contributed by atoms with E-state index in [2.05, 4.69) is 40.0 Å². The lowest BCUT2D eigenvalue weighted by molar-refractivity contribution is 0.0646. The molecule has 0 radical (unpaired) electrons. The zero-order chi connectivity index (χ0) is 17.0. The van der Waals surface area contributed by atoms with Gasteiger partial charge in [0.2, 0.25) is 0 Å². The second-order valence-electron chi connectivity index (χ2n) is 7.23. The van der Waals surface area contributed by atoms with Gasteiger partial charge in [-0.05, 0) is 25.1 Å². The van der Waals surface area contributed by atoms with Gasteiger partial charge in [0.05, 0.1) is 0 Å². The van der Waals surface area contributed by atoms with Gasteiger partial charge in [-0.1, -0.05) is 48.5 Å². The molecule has 0 unspecified atom stereocenters. The van der Waals surface area contributed by atoms with Crippen molar-refractivity contribution in [1.82, 2.24) is 14.8 Å². The number of piperazine rings is 1. The second-order valence-corrected chi connectivity index (χ2v) is 7.23. The molecule has 2 bridgehead atoms. The number of nitrogens with one attached hydrogen (secondary N) is 1. The Morgan fingerprint density at radius 1 is 1.00 bits per heavy atom. The summed E-state index contributed by atoms with van der Waals surface area (Å²) in [5, 5.41) is 1.11. The van der Waals surface area contributed by atoms with Crippen molar-refractivity contribution in [2.45, 2.75) is 18.5 Å². The molecular formula is C21H21N3O. The zero-order valence-electron chi connectivity index (χ0n) is 14.3. The number of para-hydroxylation sites is 1. The summed E-state index contributed by atoms with van der Waals surface area (Å²) < 4.78 is 0. The maximum absolute atomic E-state index is 13.4. The molecule has 4 nitrogen and oxygen atoms in total. The van der Waals surface area contributed by atoms with Gasteiger partial charge in [0, 0.05) is 41.6 Å². The number of hydrogen-bond donors (Lipinski definition) is 1. The summed E-state index contributed by atoms with van der Waals surface area (Å²) >= 11 is 0. The average Bonchev–Trinajstić information content (AvgIpc) is 3.33. The lowest BCUT2D eigenvalue weighted by Gasteiger charge is -2.32. The van der Waals surface area contributed by atoms with Gasteiger partial charge >= 0.3 is 0 Å². The number of aromatic amines is 1. The average molecular weight is 331 g/mol. The highest BCUT2D eigenvalue weighted by atomic mass is 16.2. The monoisotopic (exact) mass is 331 g/mol. The highest BCUT2D eigenvalue weighted by Gasteiger charge is 2.44. The van der Waals surface area contributed by atoms with Crippen LogP contribution in [0.25, 0.3) is 22.0 Å². The normalized spacial score (nSPS) is 22.8. The van der Waals surface area contributed by atoms with Crippen molar-refractivity contribution in [2.75, 3.05) is 20.1 Å². The van der Waals surface area contributed by atoms with E-state index in [-0.39, 0.29) is 5.91 Å². The molecule has 126 valence electrons. The van der Waals surface area contributed by atoms with Crippen molar-refractivity contribution in [3.8, 4) is 11.1 Å². The first-order valence-electron chi connectivity index (χ1n) is 8.89. The summed E-state index contributed by atoms with van der Waals surface area (Å²) in [5.74, 6) is 0.135. The number of carbonyl (C=O) groups excluding carboxylic acids is 1. The number of likely N-dealkylation sites (tertiary alicyclic amines) is 2. The van der Waals surface area contributed by atoms with E-state index in [1.807, 2.05) is 36.4 Å². The van der Waals surface area contributed by atoms with Gasteiger partial charge in [-0.25, -0.2) is 0 Å². The molecule has 1 aromatic heterocycles. The Morgan fingerprint density at radius 3 is 2.48 bits per heavy atom. The molecule has 0 saturated carbocycles. The van der Waals surface area contributed by atoms with Crippen molar-refractivity contribution < 1.29 is 4.79 Å². The fraction of sp³-hybridized carbons (Fsp3) is 0.286. The molecule has 5 rings (SSSR count). The topological polar surface area (TPSA) is 39.3 Å². The fourth-order valence-electron chi connectivity index (χ4n) is 4.47. The number of amides is 1. The molecule has 2 aliphatic heterocycles. The van der Waals surface area contributed by atoms with E-state index < -0.39 is 0 Å². The molecule has 1 amide bonds. The van der Waals surface area contributed by atoms with Gasteiger partial charge in [-0.15, -0.1) is 0 Å². The highest BCUT2D eigenvalue weighted by molar-refractivity contribution is 6.09. The van der Waals surface area contributed by atoms with Crippen LogP contribution in [0, 0.1) is 0 Å². The van der Waals surface area contributed by atoms with Crippen LogP contribution in [0.15, 0.2) is 54.6 Å². The van der Waals surface area contributed by atoms with Gasteiger partial charge in [-0.2, -0.15) is 0 Å². The van der Waals surface area contributed by atoms with Gasteiger partial charge in [0.15, 0.2) is 0 Å². The summed E-state index contributed by atoms with van der Waals surface area (Å²) in [7, 11) is 2.16. The number of fused-ring (bicyclic) bond motifs is 3. The van der Waals surface area contributed by atoms with E-state index in [0.717, 1.165) is 47.2 Å². The number of hydrogen-bond acceptors (Lipinski definition) is 2. The lowest BCUT2D eigenvalue weighted by Crippen LogP contribution is -2.47. The minimum absolute atomic E-state index is 0.135. The smallest absolute Gasteiger partial charge is 0.271 e. The molecule has 0 aliphatic carbocycles. The third-order valence-corrected chi connectivity index (χ3v) is 5.76. The van der Waals surface area contributed by atoms with Crippen LogP contribution in [-0.4, -0.2) is 52.9 Å². The SMILES string of the molecule is CN1C[C@@H]2C[C@H]1CN2C(=O)c1[nH]c2ccccc2c1-c1ccccc1. The molecule has 2 saturated heterocycles. The Kier molecular flexibility index (Phi) is 3.22. The standard InChI is InChI=1S/C21H21N3O/c1-23-12-16-11-15(23)13-24(16)21(25)20-19(14-7-3-2-4-8-14)17-9-5-6-10-18(17)22-20/h2-10,15-16,22H,11-13H2,1H3/t15-,16-/m0/s1. The van der Waals surface area contributed by atoms with E-state index >= 15 is 0 Å². The van der Waals surface area contributed by atoms with Crippen molar-refractivity contribution in [1.29, 1.82) is 0 Å². The van der Waals surface area contributed by atoms with Gasteiger partial charge in [0.25, 0.3) is 5.91 Å². The number of carbonyl (C=O) groups is 1. The molecule has 1 N–H and O–H groups in total. The third kappa shape index (κ3) is 2.21. The van der Waals surface area contributed by atoms with E-state index in [1.54, 1.807) is 0 Å². The molecule has 25 heavy (non-hydrogen) atoms. The Balaban J connectivity index is 1.63. The van der Waals surface area contributed by atoms with Crippen LogP contribution in [-0.2, 0) is 0 Å². The van der Waals surface area contributed by atoms with Crippen LogP contribution in [0.2, 0.25) is 0 Å². The Morgan fingerprint density at radius 2 is 1.76 bits per heavy atom. The maximum atomic E-state index is 13.4. The number of H-pyrrole nitrogens is 1. The molecule has 0 spiro atoms. The Labute approximate surface area is 147 Å². The van der Waals surface area contributed by atoms with E-state index in [0.29, 0.717) is 12.1 Å². The van der Waals surface area contributed by atoms with Crippen LogP contribution in [0.1, 0.15) is 16.9 Å². The first kappa shape index (κ1) is 14.7. The van der Waals surface area contributed by atoms with E-state index in [4.69, 9.17) is 0 Å². The summed E-state index contributed by atoms with van der Waals surface area (Å²) in [4.78, 5) is 21.2. The summed E-state index contributed by atoms with van der Waals surface area (Å²) in [5.41, 5.74) is 3.86. The predicted molar refractivity (Wildman–Crippen MR) is 99.6 cm³/mol. The minimum atomic E-state index is 0.135. The summed E-state index contributed by atoms with van der Waals surface area (Å²) in [6.07, 6.45) is 1.10. The summed E-state index contributed by atoms with van der Waals surface area (Å²) in [6.45, 7) is 1.82. The van der Waals surface area contributed by atoms with Crippen LogP contribution >= 0.6 is 0 Å². The number of nitrogens with zero attached hydrogens (tertiary/aromatic N) is 2. The quantitative estimate of drug-likeness (QED) is 0.782. The molecule has 2 aromatic carbocycles. The second kappa shape index (κ2) is 5.46. The maximum Gasteiger partial charge on any atom is 0.271 e. The Bertz CT molecular complexity index is 944. The first-order chi connectivity index (χ1) is 12.2. The highest BCUT2D eigenvalue weighted by Crippen LogP contribution is 2.36. The lowest BCUT2D eigenvalue weighted by atomic mass is 10.0. The molecule has 3 heterocycles. The number of benzene rings is 2. The molecule has 2 atom stereocenters. The van der Waals surface area contributed by atoms with Crippen molar-refractivity contribution in [3.05, 3.63) is 60.3 Å². The molecule has 2 fully saturated rings.